The van der Waals surface area contributed by atoms with Crippen LogP contribution in [0.5, 0.6) is 0 Å². The summed E-state index contributed by atoms with van der Waals surface area (Å²) in [6, 6.07) is 3.65. The van der Waals surface area contributed by atoms with E-state index in [1.165, 1.54) is 0 Å². The van der Waals surface area contributed by atoms with Gasteiger partial charge < -0.3 is 14.8 Å². The number of urea groups is 1. The summed E-state index contributed by atoms with van der Waals surface area (Å²) in [5, 5.41) is 2.88. The van der Waals surface area contributed by atoms with Crippen LogP contribution >= 0.6 is 0 Å². The molecule has 0 radical (unpaired) electrons. The Morgan fingerprint density at radius 3 is 3.09 bits per heavy atom. The lowest BCUT2D eigenvalue weighted by molar-refractivity contribution is 0.207. The van der Waals surface area contributed by atoms with E-state index in [0.29, 0.717) is 5.92 Å². The van der Waals surface area contributed by atoms with Crippen LogP contribution in [0.2, 0.25) is 0 Å². The fraction of sp³-hybridized carbons (Fsp3) is 0.438. The van der Waals surface area contributed by atoms with Gasteiger partial charge in [0.1, 0.15) is 5.82 Å². The van der Waals surface area contributed by atoms with E-state index in [2.05, 4.69) is 19.9 Å². The molecule has 3 rings (SSSR count). The highest BCUT2D eigenvalue weighted by Gasteiger charge is 2.22. The van der Waals surface area contributed by atoms with E-state index in [1.54, 1.807) is 11.1 Å². The minimum absolute atomic E-state index is 0.0976. The third-order valence-electron chi connectivity index (χ3n) is 4.09. The Balaban J connectivity index is 1.54. The number of imidazole rings is 1. The third-order valence-corrected chi connectivity index (χ3v) is 4.09. The van der Waals surface area contributed by atoms with Gasteiger partial charge in [-0.1, -0.05) is 0 Å². The number of pyridine rings is 1. The number of carbonyl (C=O) groups excluding carboxylic acids is 1. The average molecular weight is 299 g/mol. The number of nitrogens with one attached hydrogen (secondary N) is 1. The molecule has 2 aromatic rings. The van der Waals surface area contributed by atoms with E-state index in [9.17, 15) is 4.79 Å². The fourth-order valence-corrected chi connectivity index (χ4v) is 2.80. The molecule has 6 nitrogen and oxygen atoms in total. The smallest absolute Gasteiger partial charge is 0.321 e. The summed E-state index contributed by atoms with van der Waals surface area (Å²) in [4.78, 5) is 22.5. The van der Waals surface area contributed by atoms with Gasteiger partial charge in [-0.05, 0) is 31.4 Å². The van der Waals surface area contributed by atoms with Crippen molar-refractivity contribution in [1.82, 2.24) is 19.4 Å². The summed E-state index contributed by atoms with van der Waals surface area (Å²) in [7, 11) is 1.83. The van der Waals surface area contributed by atoms with E-state index in [4.69, 9.17) is 0 Å². The molecule has 1 N–H and O–H groups in total. The zero-order chi connectivity index (χ0) is 15.5. The molecule has 6 heteroatoms. The Morgan fingerprint density at radius 1 is 1.45 bits per heavy atom. The number of aryl methyl sites for hydroxylation is 2. The molecule has 1 aliphatic heterocycles. The van der Waals surface area contributed by atoms with E-state index in [0.717, 1.165) is 43.1 Å². The molecule has 0 spiro atoms. The molecule has 0 aliphatic carbocycles. The van der Waals surface area contributed by atoms with Crippen molar-refractivity contribution in [3.8, 4) is 0 Å². The molecule has 22 heavy (non-hydrogen) atoms. The van der Waals surface area contributed by atoms with Gasteiger partial charge in [0.05, 0.1) is 11.9 Å². The lowest BCUT2D eigenvalue weighted by Gasteiger charge is -2.27. The molecule has 1 atom stereocenters. The molecule has 0 saturated carbocycles. The zero-order valence-corrected chi connectivity index (χ0v) is 13.0. The summed E-state index contributed by atoms with van der Waals surface area (Å²) < 4.78 is 2.19. The van der Waals surface area contributed by atoms with Crippen molar-refractivity contribution in [2.45, 2.75) is 26.3 Å². The van der Waals surface area contributed by atoms with Gasteiger partial charge >= 0.3 is 6.03 Å². The van der Waals surface area contributed by atoms with Crippen molar-refractivity contribution in [2.75, 3.05) is 18.9 Å². The van der Waals surface area contributed by atoms with Crippen molar-refractivity contribution in [3.63, 3.8) is 0 Å². The molecule has 1 aliphatic rings. The standard InChI is InChI=1S/C16H21N5O/c1-12-3-4-14(10-18-12)19-16(22)20(2)11-13-5-7-21-8-6-17-15(21)9-13/h3-4,6,8,10,13H,5,7,9,11H2,1-2H3,(H,19,22). The highest BCUT2D eigenvalue weighted by atomic mass is 16.2. The van der Waals surface area contributed by atoms with E-state index < -0.39 is 0 Å². The molecule has 0 aromatic carbocycles. The van der Waals surface area contributed by atoms with Gasteiger partial charge in [-0.3, -0.25) is 4.98 Å². The van der Waals surface area contributed by atoms with E-state index in [-0.39, 0.29) is 6.03 Å². The van der Waals surface area contributed by atoms with Crippen LogP contribution in [0, 0.1) is 12.8 Å². The lowest BCUT2D eigenvalue weighted by Crippen LogP contribution is -2.37. The first-order chi connectivity index (χ1) is 10.6. The fourth-order valence-electron chi connectivity index (χ4n) is 2.80. The predicted molar refractivity (Wildman–Crippen MR) is 84.7 cm³/mol. The molecule has 3 heterocycles. The number of rotatable bonds is 3. The maximum Gasteiger partial charge on any atom is 0.321 e. The highest BCUT2D eigenvalue weighted by Crippen LogP contribution is 2.20. The monoisotopic (exact) mass is 299 g/mol. The topological polar surface area (TPSA) is 63.1 Å². The Hall–Kier alpha value is -2.37. The average Bonchev–Trinajstić information content (AvgIpc) is 2.97. The van der Waals surface area contributed by atoms with Crippen LogP contribution in [-0.2, 0) is 13.0 Å². The van der Waals surface area contributed by atoms with Crippen LogP contribution < -0.4 is 5.32 Å². The van der Waals surface area contributed by atoms with E-state index in [1.807, 2.05) is 38.5 Å². The van der Waals surface area contributed by atoms with Gasteiger partial charge in [0.25, 0.3) is 0 Å². The highest BCUT2D eigenvalue weighted by molar-refractivity contribution is 5.88. The van der Waals surface area contributed by atoms with Gasteiger partial charge in [-0.15, -0.1) is 0 Å². The molecule has 1 unspecified atom stereocenters. The number of nitrogens with zero attached hydrogens (tertiary/aromatic N) is 4. The number of anilines is 1. The Morgan fingerprint density at radius 2 is 2.32 bits per heavy atom. The molecule has 0 bridgehead atoms. The van der Waals surface area contributed by atoms with Gasteiger partial charge in [0, 0.05) is 44.6 Å². The minimum atomic E-state index is -0.0976. The number of hydrogen-bond donors (Lipinski definition) is 1. The number of aromatic nitrogens is 3. The summed E-state index contributed by atoms with van der Waals surface area (Å²) in [5.74, 6) is 1.58. The predicted octanol–water partition coefficient (Wildman–Crippen LogP) is 2.31. The van der Waals surface area contributed by atoms with Gasteiger partial charge in [0.2, 0.25) is 0 Å². The molecule has 116 valence electrons. The summed E-state index contributed by atoms with van der Waals surface area (Å²) in [5.41, 5.74) is 1.66. The third kappa shape index (κ3) is 3.27. The largest absolute Gasteiger partial charge is 0.335 e. The van der Waals surface area contributed by atoms with Gasteiger partial charge in [-0.25, -0.2) is 9.78 Å². The maximum atomic E-state index is 12.2. The Bertz CT molecular complexity index is 649. The van der Waals surface area contributed by atoms with Crippen molar-refractivity contribution >= 4 is 11.7 Å². The summed E-state index contributed by atoms with van der Waals surface area (Å²) >= 11 is 0. The molecular weight excluding hydrogens is 278 g/mol. The Labute approximate surface area is 130 Å². The minimum Gasteiger partial charge on any atom is -0.335 e. The van der Waals surface area contributed by atoms with Crippen LogP contribution in [0.15, 0.2) is 30.7 Å². The lowest BCUT2D eigenvalue weighted by atomic mass is 9.97. The summed E-state index contributed by atoms with van der Waals surface area (Å²) in [6.07, 6.45) is 7.55. The first kappa shape index (κ1) is 14.6. The van der Waals surface area contributed by atoms with Crippen molar-refractivity contribution < 1.29 is 4.79 Å². The number of hydrogen-bond acceptors (Lipinski definition) is 3. The number of amides is 2. The van der Waals surface area contributed by atoms with Crippen LogP contribution in [0.4, 0.5) is 10.5 Å². The van der Waals surface area contributed by atoms with Crippen molar-refractivity contribution in [2.24, 2.45) is 5.92 Å². The Kier molecular flexibility index (Phi) is 4.09. The van der Waals surface area contributed by atoms with E-state index >= 15 is 0 Å². The second kappa shape index (κ2) is 6.17. The normalized spacial score (nSPS) is 16.9. The van der Waals surface area contributed by atoms with Crippen LogP contribution in [0.1, 0.15) is 17.9 Å². The molecule has 0 fully saturated rings. The van der Waals surface area contributed by atoms with Crippen LogP contribution in [-0.4, -0.2) is 39.1 Å². The first-order valence-electron chi connectivity index (χ1n) is 7.56. The molecular formula is C16H21N5O. The molecule has 2 aromatic heterocycles. The number of fused-ring (bicyclic) bond motifs is 1. The van der Waals surface area contributed by atoms with Gasteiger partial charge in [-0.2, -0.15) is 0 Å². The quantitative estimate of drug-likeness (QED) is 0.946. The zero-order valence-electron chi connectivity index (χ0n) is 13.0. The van der Waals surface area contributed by atoms with Crippen LogP contribution in [0.3, 0.4) is 0 Å². The second-order valence-corrected chi connectivity index (χ2v) is 5.89. The second-order valence-electron chi connectivity index (χ2n) is 5.89. The molecule has 0 saturated heterocycles. The number of carbonyl (C=O) groups is 1. The van der Waals surface area contributed by atoms with Crippen molar-refractivity contribution in [3.05, 3.63) is 42.2 Å². The first-order valence-corrected chi connectivity index (χ1v) is 7.56. The molecule has 2 amide bonds. The van der Waals surface area contributed by atoms with Crippen molar-refractivity contribution in [1.29, 1.82) is 0 Å². The maximum absolute atomic E-state index is 12.2. The summed E-state index contributed by atoms with van der Waals surface area (Å²) in [6.45, 7) is 3.64. The SMILES string of the molecule is Cc1ccc(NC(=O)N(C)CC2CCn3ccnc3C2)cn1. The van der Waals surface area contributed by atoms with Gasteiger partial charge in [0.15, 0.2) is 0 Å². The van der Waals surface area contributed by atoms with Crippen LogP contribution in [0.25, 0.3) is 0 Å².